The van der Waals surface area contributed by atoms with Gasteiger partial charge in [0.15, 0.2) is 5.75 Å². The van der Waals surface area contributed by atoms with Crippen LogP contribution >= 0.6 is 31.9 Å². The van der Waals surface area contributed by atoms with Crippen molar-refractivity contribution in [3.8, 4) is 11.5 Å². The minimum Gasteiger partial charge on any atom is -0.455 e. The lowest BCUT2D eigenvalue weighted by atomic mass is 10.2. The highest BCUT2D eigenvalue weighted by molar-refractivity contribution is 9.10. The zero-order valence-corrected chi connectivity index (χ0v) is 13.8. The molecule has 0 radical (unpaired) electrons. The second-order valence-corrected chi connectivity index (χ2v) is 6.17. The first-order valence-corrected chi connectivity index (χ1v) is 7.56. The van der Waals surface area contributed by atoms with Crippen molar-refractivity contribution in [2.75, 3.05) is 0 Å². The van der Waals surface area contributed by atoms with Crippen LogP contribution in [0.25, 0.3) is 11.0 Å². The largest absolute Gasteiger partial charge is 0.455 e. The van der Waals surface area contributed by atoms with Crippen molar-refractivity contribution in [1.29, 1.82) is 0 Å². The van der Waals surface area contributed by atoms with Crippen molar-refractivity contribution in [2.24, 2.45) is 0 Å². The van der Waals surface area contributed by atoms with E-state index in [1.165, 1.54) is 0 Å². The summed E-state index contributed by atoms with van der Waals surface area (Å²) < 4.78 is 7.87. The van der Waals surface area contributed by atoms with E-state index < -0.39 is 0 Å². The van der Waals surface area contributed by atoms with Crippen LogP contribution in [0, 0.1) is 6.92 Å². The van der Waals surface area contributed by atoms with Crippen LogP contribution in [0.1, 0.15) is 5.56 Å². The van der Waals surface area contributed by atoms with E-state index >= 15 is 0 Å². The Morgan fingerprint density at radius 1 is 0.950 bits per heavy atom. The fourth-order valence-electron chi connectivity index (χ4n) is 1.87. The third-order valence-electron chi connectivity index (χ3n) is 2.88. The summed E-state index contributed by atoms with van der Waals surface area (Å²) in [6.07, 6.45) is 3.46. The maximum absolute atomic E-state index is 6.00. The molecule has 0 unspecified atom stereocenters. The normalized spacial score (nSPS) is 10.8. The monoisotopic (exact) mass is 392 g/mol. The van der Waals surface area contributed by atoms with Crippen LogP contribution < -0.4 is 4.74 Å². The standard InChI is InChI=1S/C15H10Br2N2O/c1-9-2-3-10(16)7-14(9)20-13-4-5-18-12-6-11(17)8-19-15(12)13/h2-8H,1H3. The molecule has 0 atom stereocenters. The van der Waals surface area contributed by atoms with E-state index in [2.05, 4.69) is 41.8 Å². The molecule has 3 aromatic rings. The van der Waals surface area contributed by atoms with Gasteiger partial charge in [0.1, 0.15) is 11.3 Å². The molecule has 3 nitrogen and oxygen atoms in total. The van der Waals surface area contributed by atoms with Crippen LogP contribution in [-0.2, 0) is 0 Å². The van der Waals surface area contributed by atoms with Gasteiger partial charge >= 0.3 is 0 Å². The number of rotatable bonds is 2. The Labute approximate surface area is 133 Å². The molecule has 3 rings (SSSR count). The molecule has 0 saturated heterocycles. The first kappa shape index (κ1) is 13.5. The summed E-state index contributed by atoms with van der Waals surface area (Å²) in [6.45, 7) is 2.01. The molecule has 5 heteroatoms. The number of halogens is 2. The van der Waals surface area contributed by atoms with Crippen molar-refractivity contribution < 1.29 is 4.74 Å². The van der Waals surface area contributed by atoms with Crippen molar-refractivity contribution in [2.45, 2.75) is 6.92 Å². The summed E-state index contributed by atoms with van der Waals surface area (Å²) in [5.41, 5.74) is 2.61. The first-order valence-electron chi connectivity index (χ1n) is 5.98. The second kappa shape index (κ2) is 5.50. The minimum atomic E-state index is 0.698. The maximum Gasteiger partial charge on any atom is 0.156 e. The number of hydrogen-bond acceptors (Lipinski definition) is 3. The number of aromatic nitrogens is 2. The maximum atomic E-state index is 6.00. The van der Waals surface area contributed by atoms with E-state index in [-0.39, 0.29) is 0 Å². The minimum absolute atomic E-state index is 0.698. The van der Waals surface area contributed by atoms with Gasteiger partial charge in [-0.05, 0) is 46.6 Å². The van der Waals surface area contributed by atoms with E-state index in [0.29, 0.717) is 5.75 Å². The fourth-order valence-corrected chi connectivity index (χ4v) is 2.53. The average molecular weight is 394 g/mol. The molecule has 0 aliphatic heterocycles. The lowest BCUT2D eigenvalue weighted by Crippen LogP contribution is -1.92. The Morgan fingerprint density at radius 2 is 1.80 bits per heavy atom. The molecule has 20 heavy (non-hydrogen) atoms. The third kappa shape index (κ3) is 2.69. The Bertz CT molecular complexity index is 790. The molecule has 0 aliphatic rings. The van der Waals surface area contributed by atoms with Crippen LogP contribution in [0.5, 0.6) is 11.5 Å². The van der Waals surface area contributed by atoms with Crippen LogP contribution in [0.2, 0.25) is 0 Å². The number of ether oxygens (including phenoxy) is 1. The predicted molar refractivity (Wildman–Crippen MR) is 86.2 cm³/mol. The van der Waals surface area contributed by atoms with E-state index in [0.717, 1.165) is 31.3 Å². The predicted octanol–water partition coefficient (Wildman–Crippen LogP) is 5.26. The van der Waals surface area contributed by atoms with Gasteiger partial charge in [-0.15, -0.1) is 0 Å². The summed E-state index contributed by atoms with van der Waals surface area (Å²) in [5.74, 6) is 1.50. The highest BCUT2D eigenvalue weighted by Gasteiger charge is 2.08. The van der Waals surface area contributed by atoms with Crippen LogP contribution in [0.4, 0.5) is 0 Å². The number of nitrogens with zero attached hydrogens (tertiary/aromatic N) is 2. The molecule has 0 fully saturated rings. The van der Waals surface area contributed by atoms with Gasteiger partial charge in [-0.2, -0.15) is 0 Å². The quantitative estimate of drug-likeness (QED) is 0.595. The van der Waals surface area contributed by atoms with E-state index in [9.17, 15) is 0 Å². The smallest absolute Gasteiger partial charge is 0.156 e. The molecule has 0 saturated carbocycles. The van der Waals surface area contributed by atoms with E-state index in [1.807, 2.05) is 37.3 Å². The molecule has 0 aliphatic carbocycles. The van der Waals surface area contributed by atoms with E-state index in [4.69, 9.17) is 4.74 Å². The van der Waals surface area contributed by atoms with Crippen molar-refractivity contribution in [3.05, 3.63) is 57.2 Å². The van der Waals surface area contributed by atoms with Crippen LogP contribution in [0.3, 0.4) is 0 Å². The Morgan fingerprint density at radius 3 is 2.65 bits per heavy atom. The number of benzene rings is 1. The molecule has 100 valence electrons. The highest BCUT2D eigenvalue weighted by atomic mass is 79.9. The molecular formula is C15H10Br2N2O. The van der Waals surface area contributed by atoms with Gasteiger partial charge in [-0.3, -0.25) is 4.98 Å². The topological polar surface area (TPSA) is 35.0 Å². The van der Waals surface area contributed by atoms with E-state index in [1.54, 1.807) is 12.4 Å². The molecule has 0 N–H and O–H groups in total. The Balaban J connectivity index is 2.09. The molecule has 0 bridgehead atoms. The van der Waals surface area contributed by atoms with Gasteiger partial charge in [-0.25, -0.2) is 4.98 Å². The summed E-state index contributed by atoms with van der Waals surface area (Å²) in [5, 5.41) is 0. The zero-order chi connectivity index (χ0) is 14.1. The van der Waals surface area contributed by atoms with Crippen LogP contribution in [0.15, 0.2) is 51.7 Å². The second-order valence-electron chi connectivity index (χ2n) is 4.34. The average Bonchev–Trinajstić information content (AvgIpc) is 2.43. The van der Waals surface area contributed by atoms with Crippen molar-refractivity contribution in [3.63, 3.8) is 0 Å². The van der Waals surface area contributed by atoms with Gasteiger partial charge in [0, 0.05) is 27.4 Å². The molecular weight excluding hydrogens is 384 g/mol. The third-order valence-corrected chi connectivity index (χ3v) is 3.80. The number of pyridine rings is 2. The fraction of sp³-hybridized carbons (Fsp3) is 0.0667. The summed E-state index contributed by atoms with van der Waals surface area (Å²) in [7, 11) is 0. The van der Waals surface area contributed by atoms with Crippen LogP contribution in [-0.4, -0.2) is 9.97 Å². The van der Waals surface area contributed by atoms with Gasteiger partial charge in [0.25, 0.3) is 0 Å². The molecule has 0 amide bonds. The van der Waals surface area contributed by atoms with Crippen molar-refractivity contribution >= 4 is 42.9 Å². The summed E-state index contributed by atoms with van der Waals surface area (Å²) >= 11 is 6.85. The molecule has 2 aromatic heterocycles. The SMILES string of the molecule is Cc1ccc(Br)cc1Oc1ccnc2cc(Br)cnc12. The number of hydrogen-bond donors (Lipinski definition) is 0. The zero-order valence-electron chi connectivity index (χ0n) is 10.6. The Hall–Kier alpha value is -1.46. The number of fused-ring (bicyclic) bond motifs is 1. The van der Waals surface area contributed by atoms with Gasteiger partial charge in [0.2, 0.25) is 0 Å². The molecule has 0 spiro atoms. The lowest BCUT2D eigenvalue weighted by molar-refractivity contribution is 0.482. The number of aryl methyl sites for hydroxylation is 1. The van der Waals surface area contributed by atoms with Gasteiger partial charge in [-0.1, -0.05) is 22.0 Å². The molecule has 2 heterocycles. The summed E-state index contributed by atoms with van der Waals surface area (Å²) in [4.78, 5) is 8.69. The van der Waals surface area contributed by atoms with Gasteiger partial charge in [0.05, 0.1) is 5.52 Å². The van der Waals surface area contributed by atoms with Gasteiger partial charge < -0.3 is 4.74 Å². The highest BCUT2D eigenvalue weighted by Crippen LogP contribution is 2.31. The van der Waals surface area contributed by atoms with Crippen molar-refractivity contribution in [1.82, 2.24) is 9.97 Å². The first-order chi connectivity index (χ1) is 9.63. The molecule has 1 aromatic carbocycles. The summed E-state index contributed by atoms with van der Waals surface area (Å²) in [6, 6.07) is 9.68. The Kier molecular flexibility index (Phi) is 3.72. The lowest BCUT2D eigenvalue weighted by Gasteiger charge is -2.10.